The molecule has 0 aliphatic carbocycles. The number of para-hydroxylation sites is 2. The minimum atomic E-state index is -0.0583. The number of carbonyl (C=O) groups is 1. The van der Waals surface area contributed by atoms with Gasteiger partial charge in [-0.25, -0.2) is 0 Å². The molecule has 0 fully saturated rings. The second-order valence-electron chi connectivity index (χ2n) is 5.12. The fourth-order valence-electron chi connectivity index (χ4n) is 2.55. The molecular weight excluding hydrogens is 264 g/mol. The second kappa shape index (κ2) is 5.97. The Hall–Kier alpha value is -2.33. The number of anilines is 1. The van der Waals surface area contributed by atoms with Crippen molar-refractivity contribution in [3.8, 4) is 5.75 Å². The molecule has 4 heteroatoms. The number of hydrogen-bond donors (Lipinski definition) is 2. The van der Waals surface area contributed by atoms with Gasteiger partial charge in [0.2, 0.25) is 5.91 Å². The number of benzene rings is 2. The number of amides is 1. The van der Waals surface area contributed by atoms with Gasteiger partial charge < -0.3 is 15.4 Å². The van der Waals surface area contributed by atoms with Gasteiger partial charge in [0.05, 0.1) is 6.04 Å². The normalized spacial score (nSPS) is 16.1. The van der Waals surface area contributed by atoms with Crippen LogP contribution in [0.4, 0.5) is 5.69 Å². The molecule has 1 unspecified atom stereocenters. The minimum absolute atomic E-state index is 0.0583. The van der Waals surface area contributed by atoms with E-state index in [1.165, 1.54) is 12.5 Å². The summed E-state index contributed by atoms with van der Waals surface area (Å²) in [5, 5.41) is 6.35. The van der Waals surface area contributed by atoms with Crippen LogP contribution < -0.4 is 15.4 Å². The molecule has 0 saturated heterocycles. The number of rotatable bonds is 4. The molecule has 3 rings (SSSR count). The highest BCUT2D eigenvalue weighted by molar-refractivity contribution is 5.89. The number of carbonyl (C=O) groups excluding carboxylic acids is 1. The van der Waals surface area contributed by atoms with E-state index in [0.29, 0.717) is 13.2 Å². The fraction of sp³-hybridized carbons (Fsp3) is 0.235. The van der Waals surface area contributed by atoms with Crippen LogP contribution in [0.2, 0.25) is 0 Å². The van der Waals surface area contributed by atoms with E-state index in [2.05, 4.69) is 16.7 Å². The minimum Gasteiger partial charge on any atom is -0.491 e. The van der Waals surface area contributed by atoms with Gasteiger partial charge in [0.1, 0.15) is 12.4 Å². The smallest absolute Gasteiger partial charge is 0.221 e. The molecular formula is C17H18N2O2. The van der Waals surface area contributed by atoms with Crippen molar-refractivity contribution in [1.29, 1.82) is 0 Å². The van der Waals surface area contributed by atoms with Crippen LogP contribution in [0.3, 0.4) is 0 Å². The molecule has 4 nitrogen and oxygen atoms in total. The van der Waals surface area contributed by atoms with Crippen molar-refractivity contribution in [2.24, 2.45) is 0 Å². The first-order valence-corrected chi connectivity index (χ1v) is 7.04. The third-order valence-electron chi connectivity index (χ3n) is 3.57. The van der Waals surface area contributed by atoms with Gasteiger partial charge in [-0.05, 0) is 17.7 Å². The first kappa shape index (κ1) is 13.6. The Morgan fingerprint density at radius 2 is 1.95 bits per heavy atom. The van der Waals surface area contributed by atoms with E-state index in [4.69, 9.17) is 4.74 Å². The van der Waals surface area contributed by atoms with Crippen LogP contribution in [0.15, 0.2) is 48.5 Å². The average Bonchev–Trinajstić information content (AvgIpc) is 2.89. The summed E-state index contributed by atoms with van der Waals surface area (Å²) in [6.45, 7) is 2.84. The maximum Gasteiger partial charge on any atom is 0.221 e. The Labute approximate surface area is 124 Å². The molecule has 0 saturated carbocycles. The molecule has 2 aromatic rings. The van der Waals surface area contributed by atoms with Gasteiger partial charge >= 0.3 is 0 Å². The molecule has 1 aliphatic rings. The van der Waals surface area contributed by atoms with E-state index in [1.807, 2.05) is 42.5 Å². The van der Waals surface area contributed by atoms with Gasteiger partial charge in [-0.1, -0.05) is 36.4 Å². The molecule has 21 heavy (non-hydrogen) atoms. The SMILES string of the molecule is CC(=O)Nc1ccccc1CNC1COc2ccccc21. The van der Waals surface area contributed by atoms with E-state index >= 15 is 0 Å². The van der Waals surface area contributed by atoms with Crippen LogP contribution in [-0.2, 0) is 11.3 Å². The van der Waals surface area contributed by atoms with Crippen LogP contribution in [0.1, 0.15) is 24.1 Å². The lowest BCUT2D eigenvalue weighted by Gasteiger charge is -2.14. The highest BCUT2D eigenvalue weighted by atomic mass is 16.5. The van der Waals surface area contributed by atoms with Crippen LogP contribution in [0.5, 0.6) is 5.75 Å². The Kier molecular flexibility index (Phi) is 3.88. The third kappa shape index (κ3) is 3.06. The molecule has 0 radical (unpaired) electrons. The van der Waals surface area contributed by atoms with Gasteiger partial charge in [-0.3, -0.25) is 4.79 Å². The van der Waals surface area contributed by atoms with E-state index in [-0.39, 0.29) is 11.9 Å². The first-order valence-electron chi connectivity index (χ1n) is 7.04. The van der Waals surface area contributed by atoms with Crippen molar-refractivity contribution < 1.29 is 9.53 Å². The van der Waals surface area contributed by atoms with Crippen LogP contribution >= 0.6 is 0 Å². The molecule has 1 aliphatic heterocycles. The molecule has 1 atom stereocenters. The van der Waals surface area contributed by atoms with Crippen molar-refractivity contribution in [1.82, 2.24) is 5.32 Å². The monoisotopic (exact) mass is 282 g/mol. The van der Waals surface area contributed by atoms with Gasteiger partial charge in [-0.15, -0.1) is 0 Å². The number of nitrogens with one attached hydrogen (secondary N) is 2. The lowest BCUT2D eigenvalue weighted by Crippen LogP contribution is -2.22. The number of fused-ring (bicyclic) bond motifs is 1. The standard InChI is InChI=1S/C17H18N2O2/c1-12(20)19-15-8-4-2-6-13(15)10-18-16-11-21-17-9-5-3-7-14(16)17/h2-9,16,18H,10-11H2,1H3,(H,19,20). The summed E-state index contributed by atoms with van der Waals surface area (Å²) in [5.74, 6) is 0.891. The predicted octanol–water partition coefficient (Wildman–Crippen LogP) is 2.87. The van der Waals surface area contributed by atoms with E-state index in [9.17, 15) is 4.79 Å². The Bertz CT molecular complexity index is 655. The van der Waals surface area contributed by atoms with E-state index in [0.717, 1.165) is 17.0 Å². The highest BCUT2D eigenvalue weighted by Crippen LogP contribution is 2.32. The van der Waals surface area contributed by atoms with Crippen molar-refractivity contribution in [2.75, 3.05) is 11.9 Å². The van der Waals surface area contributed by atoms with Crippen molar-refractivity contribution in [3.63, 3.8) is 0 Å². The molecule has 2 N–H and O–H groups in total. The summed E-state index contributed by atoms with van der Waals surface area (Å²) < 4.78 is 5.66. The molecule has 2 aromatic carbocycles. The summed E-state index contributed by atoms with van der Waals surface area (Å²) in [6, 6.07) is 16.1. The summed E-state index contributed by atoms with van der Waals surface area (Å²) in [4.78, 5) is 11.2. The summed E-state index contributed by atoms with van der Waals surface area (Å²) in [7, 11) is 0. The third-order valence-corrected chi connectivity index (χ3v) is 3.57. The molecule has 0 aromatic heterocycles. The lowest BCUT2D eigenvalue weighted by molar-refractivity contribution is -0.114. The lowest BCUT2D eigenvalue weighted by atomic mass is 10.1. The molecule has 1 amide bonds. The maximum atomic E-state index is 11.2. The quantitative estimate of drug-likeness (QED) is 0.906. The molecule has 0 bridgehead atoms. The first-order chi connectivity index (χ1) is 10.2. The largest absolute Gasteiger partial charge is 0.491 e. The van der Waals surface area contributed by atoms with Gasteiger partial charge in [0, 0.05) is 24.7 Å². The second-order valence-corrected chi connectivity index (χ2v) is 5.12. The van der Waals surface area contributed by atoms with Crippen molar-refractivity contribution in [3.05, 3.63) is 59.7 Å². The van der Waals surface area contributed by atoms with Gasteiger partial charge in [0.25, 0.3) is 0 Å². The average molecular weight is 282 g/mol. The Morgan fingerprint density at radius 1 is 1.19 bits per heavy atom. The maximum absolute atomic E-state index is 11.2. The zero-order valence-electron chi connectivity index (χ0n) is 11.9. The molecule has 108 valence electrons. The van der Waals surface area contributed by atoms with Crippen LogP contribution in [-0.4, -0.2) is 12.5 Å². The van der Waals surface area contributed by atoms with Gasteiger partial charge in [0.15, 0.2) is 0 Å². The van der Waals surface area contributed by atoms with Crippen molar-refractivity contribution >= 4 is 11.6 Å². The van der Waals surface area contributed by atoms with E-state index in [1.54, 1.807) is 0 Å². The number of hydrogen-bond acceptors (Lipinski definition) is 3. The zero-order valence-corrected chi connectivity index (χ0v) is 11.9. The summed E-state index contributed by atoms with van der Waals surface area (Å²) in [6.07, 6.45) is 0. The van der Waals surface area contributed by atoms with Crippen LogP contribution in [0.25, 0.3) is 0 Å². The Balaban J connectivity index is 1.70. The van der Waals surface area contributed by atoms with Crippen molar-refractivity contribution in [2.45, 2.75) is 19.5 Å². The molecule has 1 heterocycles. The summed E-state index contributed by atoms with van der Waals surface area (Å²) >= 11 is 0. The predicted molar refractivity (Wildman–Crippen MR) is 82.3 cm³/mol. The fourth-order valence-corrected chi connectivity index (χ4v) is 2.55. The highest BCUT2D eigenvalue weighted by Gasteiger charge is 2.23. The van der Waals surface area contributed by atoms with Gasteiger partial charge in [-0.2, -0.15) is 0 Å². The molecule has 0 spiro atoms. The van der Waals surface area contributed by atoms with Crippen LogP contribution in [0, 0.1) is 0 Å². The Morgan fingerprint density at radius 3 is 2.81 bits per heavy atom. The zero-order chi connectivity index (χ0) is 14.7. The topological polar surface area (TPSA) is 50.4 Å². The number of ether oxygens (including phenoxy) is 1. The summed E-state index contributed by atoms with van der Waals surface area (Å²) in [5.41, 5.74) is 3.11. The van der Waals surface area contributed by atoms with E-state index < -0.39 is 0 Å².